The van der Waals surface area contributed by atoms with Gasteiger partial charge in [-0.1, -0.05) is 6.92 Å². The van der Waals surface area contributed by atoms with E-state index in [1.54, 1.807) is 24.5 Å². The number of nitrogens with one attached hydrogen (secondary N) is 2. The summed E-state index contributed by atoms with van der Waals surface area (Å²) >= 11 is 0. The van der Waals surface area contributed by atoms with E-state index in [1.165, 1.54) is 6.26 Å². The van der Waals surface area contributed by atoms with Crippen molar-refractivity contribution in [3.63, 3.8) is 0 Å². The van der Waals surface area contributed by atoms with Crippen LogP contribution in [0, 0.1) is 5.92 Å². The molecule has 1 atom stereocenters. The third kappa shape index (κ3) is 3.30. The Labute approximate surface area is 157 Å². The molecule has 0 aromatic carbocycles. The van der Waals surface area contributed by atoms with Crippen molar-refractivity contribution in [3.05, 3.63) is 65.5 Å². The maximum Gasteiger partial charge on any atom is 0.286 e. The molecule has 6 nitrogen and oxygen atoms in total. The van der Waals surface area contributed by atoms with Gasteiger partial charge in [0.1, 0.15) is 0 Å². The highest BCUT2D eigenvalue weighted by molar-refractivity contribution is 6.01. The van der Waals surface area contributed by atoms with E-state index >= 15 is 0 Å². The second-order valence-corrected chi connectivity index (χ2v) is 6.81. The second kappa shape index (κ2) is 7.23. The van der Waals surface area contributed by atoms with Crippen molar-refractivity contribution < 1.29 is 14.0 Å². The van der Waals surface area contributed by atoms with Gasteiger partial charge in [0.05, 0.1) is 6.26 Å². The van der Waals surface area contributed by atoms with Gasteiger partial charge in [-0.3, -0.25) is 14.6 Å². The molecule has 0 spiro atoms. The predicted molar refractivity (Wildman–Crippen MR) is 101 cm³/mol. The van der Waals surface area contributed by atoms with E-state index in [-0.39, 0.29) is 23.4 Å². The smallest absolute Gasteiger partial charge is 0.286 e. The lowest BCUT2D eigenvalue weighted by Crippen LogP contribution is -2.33. The summed E-state index contributed by atoms with van der Waals surface area (Å²) in [4.78, 5) is 32.4. The number of Topliss-reactive ketones (excluding diaryl/α,β-unsaturated/α-hetero) is 1. The van der Waals surface area contributed by atoms with Crippen LogP contribution in [0.2, 0.25) is 0 Å². The molecule has 138 valence electrons. The van der Waals surface area contributed by atoms with Crippen LogP contribution in [0.25, 0.3) is 11.3 Å². The Morgan fingerprint density at radius 1 is 1.30 bits per heavy atom. The predicted octanol–water partition coefficient (Wildman–Crippen LogP) is 3.41. The lowest BCUT2D eigenvalue weighted by Gasteiger charge is -2.22. The number of hydrogen-bond acceptors (Lipinski definition) is 4. The monoisotopic (exact) mass is 363 g/mol. The summed E-state index contributed by atoms with van der Waals surface area (Å²) in [6, 6.07) is 7.19. The Kier molecular flexibility index (Phi) is 4.62. The number of rotatable bonds is 5. The first-order valence-electron chi connectivity index (χ1n) is 9.16. The lowest BCUT2D eigenvalue weighted by molar-refractivity contribution is 0.0892. The van der Waals surface area contributed by atoms with Crippen LogP contribution in [0.5, 0.6) is 0 Å². The number of aromatic nitrogens is 2. The van der Waals surface area contributed by atoms with Crippen molar-refractivity contribution in [1.29, 1.82) is 0 Å². The van der Waals surface area contributed by atoms with Gasteiger partial charge < -0.3 is 14.7 Å². The number of H-pyrrole nitrogens is 1. The molecule has 1 aliphatic rings. The van der Waals surface area contributed by atoms with E-state index in [4.69, 9.17) is 4.42 Å². The fourth-order valence-electron chi connectivity index (χ4n) is 3.81. The van der Waals surface area contributed by atoms with Gasteiger partial charge in [0.25, 0.3) is 5.91 Å². The first-order valence-corrected chi connectivity index (χ1v) is 9.16. The second-order valence-electron chi connectivity index (χ2n) is 6.81. The van der Waals surface area contributed by atoms with Gasteiger partial charge in [-0.05, 0) is 48.6 Å². The summed E-state index contributed by atoms with van der Waals surface area (Å²) in [5.74, 6) is 0.238. The minimum atomic E-state index is -0.253. The molecule has 0 saturated heterocycles. The van der Waals surface area contributed by atoms with Crippen molar-refractivity contribution in [1.82, 2.24) is 15.3 Å². The molecule has 0 bridgehead atoms. The first-order chi connectivity index (χ1) is 13.2. The number of ketones is 1. The van der Waals surface area contributed by atoms with Crippen molar-refractivity contribution in [3.8, 4) is 11.3 Å². The number of fused-ring (bicyclic) bond motifs is 1. The summed E-state index contributed by atoms with van der Waals surface area (Å²) in [5.41, 5.74) is 4.90. The number of amides is 1. The highest BCUT2D eigenvalue weighted by atomic mass is 16.3. The molecule has 0 fully saturated rings. The number of aromatic amines is 1. The fraction of sp³-hybridized carbons (Fsp3) is 0.286. The minimum absolute atomic E-state index is 0.0672. The van der Waals surface area contributed by atoms with Gasteiger partial charge in [0.2, 0.25) is 0 Å². The van der Waals surface area contributed by atoms with E-state index in [2.05, 4.69) is 22.2 Å². The number of carbonyl (C=O) groups is 2. The SMILES string of the molecule is CCc1c(-c2ccncc2)[nH]c2c1C(=O)CC(CNC(=O)c1ccco1)C2. The van der Waals surface area contributed by atoms with Gasteiger partial charge in [0, 0.05) is 47.9 Å². The van der Waals surface area contributed by atoms with Crippen LogP contribution in [0.4, 0.5) is 0 Å². The number of pyridine rings is 1. The molecule has 4 rings (SSSR count). The first kappa shape index (κ1) is 17.3. The standard InChI is InChI=1S/C21H21N3O3/c1-2-15-19-16(24-20(15)14-5-7-22-8-6-14)10-13(11-17(19)25)12-23-21(26)18-4-3-9-27-18/h3-9,13,24H,2,10-12H2,1H3,(H,23,26). The minimum Gasteiger partial charge on any atom is -0.459 e. The summed E-state index contributed by atoms with van der Waals surface area (Å²) in [6.45, 7) is 2.51. The lowest BCUT2D eigenvalue weighted by atomic mass is 9.84. The van der Waals surface area contributed by atoms with Gasteiger partial charge >= 0.3 is 0 Å². The number of furan rings is 1. The average molecular weight is 363 g/mol. The van der Waals surface area contributed by atoms with Crippen LogP contribution in [0.1, 0.15) is 45.5 Å². The molecule has 1 unspecified atom stereocenters. The van der Waals surface area contributed by atoms with Crippen LogP contribution >= 0.6 is 0 Å². The highest BCUT2D eigenvalue weighted by Crippen LogP contribution is 2.34. The Hall–Kier alpha value is -3.15. The molecular formula is C21H21N3O3. The fourth-order valence-corrected chi connectivity index (χ4v) is 3.81. The van der Waals surface area contributed by atoms with Gasteiger partial charge in [-0.2, -0.15) is 0 Å². The maximum atomic E-state index is 12.8. The molecule has 1 aliphatic carbocycles. The largest absolute Gasteiger partial charge is 0.459 e. The van der Waals surface area contributed by atoms with E-state index in [9.17, 15) is 9.59 Å². The molecule has 0 saturated carbocycles. The van der Waals surface area contributed by atoms with Crippen molar-refractivity contribution in [2.24, 2.45) is 5.92 Å². The van der Waals surface area contributed by atoms with Crippen LogP contribution in [-0.2, 0) is 12.8 Å². The summed E-state index contributed by atoms with van der Waals surface area (Å²) in [7, 11) is 0. The summed E-state index contributed by atoms with van der Waals surface area (Å²) < 4.78 is 5.10. The van der Waals surface area contributed by atoms with E-state index < -0.39 is 0 Å². The Morgan fingerprint density at radius 2 is 2.11 bits per heavy atom. The molecular weight excluding hydrogens is 342 g/mol. The molecule has 3 heterocycles. The van der Waals surface area contributed by atoms with E-state index in [0.717, 1.165) is 40.9 Å². The van der Waals surface area contributed by atoms with Crippen LogP contribution in [0.3, 0.4) is 0 Å². The molecule has 3 aromatic rings. The molecule has 3 aromatic heterocycles. The molecule has 1 amide bonds. The zero-order valence-electron chi connectivity index (χ0n) is 15.1. The quantitative estimate of drug-likeness (QED) is 0.727. The van der Waals surface area contributed by atoms with Crippen LogP contribution < -0.4 is 5.32 Å². The number of hydrogen-bond donors (Lipinski definition) is 2. The van der Waals surface area contributed by atoms with Crippen LogP contribution in [0.15, 0.2) is 47.3 Å². The van der Waals surface area contributed by atoms with Crippen molar-refractivity contribution in [2.75, 3.05) is 6.54 Å². The van der Waals surface area contributed by atoms with Crippen molar-refractivity contribution in [2.45, 2.75) is 26.2 Å². The zero-order valence-corrected chi connectivity index (χ0v) is 15.1. The molecule has 2 N–H and O–H groups in total. The maximum absolute atomic E-state index is 12.8. The topological polar surface area (TPSA) is 88.0 Å². The van der Waals surface area contributed by atoms with E-state index in [0.29, 0.717) is 13.0 Å². The molecule has 0 radical (unpaired) electrons. The van der Waals surface area contributed by atoms with Gasteiger partial charge in [0.15, 0.2) is 11.5 Å². The number of carbonyl (C=O) groups excluding carboxylic acids is 2. The Morgan fingerprint density at radius 3 is 2.81 bits per heavy atom. The molecule has 6 heteroatoms. The Balaban J connectivity index is 1.55. The molecule has 27 heavy (non-hydrogen) atoms. The van der Waals surface area contributed by atoms with Crippen molar-refractivity contribution >= 4 is 11.7 Å². The van der Waals surface area contributed by atoms with Crippen LogP contribution in [-0.4, -0.2) is 28.2 Å². The summed E-state index contributed by atoms with van der Waals surface area (Å²) in [5, 5.41) is 2.87. The number of nitrogens with zero attached hydrogens (tertiary/aromatic N) is 1. The molecule has 0 aliphatic heterocycles. The third-order valence-corrected chi connectivity index (χ3v) is 5.05. The van der Waals surface area contributed by atoms with Gasteiger partial charge in [-0.15, -0.1) is 0 Å². The third-order valence-electron chi connectivity index (χ3n) is 5.05. The average Bonchev–Trinajstić information content (AvgIpc) is 3.34. The normalized spacial score (nSPS) is 16.2. The zero-order chi connectivity index (χ0) is 18.8. The summed E-state index contributed by atoms with van der Waals surface area (Å²) in [6.07, 6.45) is 6.93. The highest BCUT2D eigenvalue weighted by Gasteiger charge is 2.31. The van der Waals surface area contributed by atoms with E-state index in [1.807, 2.05) is 12.1 Å². The Bertz CT molecular complexity index is 958. The van der Waals surface area contributed by atoms with Gasteiger partial charge in [-0.25, -0.2) is 0 Å².